The van der Waals surface area contributed by atoms with Gasteiger partial charge >= 0.3 is 17.1 Å². The molecule has 10 radical (unpaired) electrons. The van der Waals surface area contributed by atoms with Crippen LogP contribution in [0, 0.1) is 65.4 Å². The van der Waals surface area contributed by atoms with Crippen molar-refractivity contribution < 1.29 is 21.8 Å². The Kier molecular flexibility index (Phi) is 10.3. The second-order valence-corrected chi connectivity index (χ2v) is 10.6. The van der Waals surface area contributed by atoms with Crippen LogP contribution in [-0.2, 0) is 21.8 Å². The van der Waals surface area contributed by atoms with Gasteiger partial charge in [0, 0.05) is 4.90 Å². The number of hydrogen-bond donors (Lipinski definition) is 0. The summed E-state index contributed by atoms with van der Waals surface area (Å²) in [6.45, 7) is 18.3. The Balaban J connectivity index is 0.000000280. The first-order chi connectivity index (χ1) is 14.6. The van der Waals surface area contributed by atoms with E-state index in [1.54, 1.807) is 11.8 Å². The molecule has 0 amide bonds. The van der Waals surface area contributed by atoms with E-state index in [1.165, 1.54) is 39.7 Å². The standard InChI is InChI=1S/C18H20NOS.C10H15.Fe/c1-18(2,3)16-12-20-17(19-16)14-10-7-11-15(14)21-13-8-5-4-6-9-13;1-6-7(2)9(4)10(5)8(6)3;/h4-11,16H,12H2,1-3H3;1-5H3;/q;;+2/t16-;;/m1../s1. The maximum atomic E-state index is 5.85. The molecule has 1 aromatic rings. The summed E-state index contributed by atoms with van der Waals surface area (Å²) in [6, 6.07) is 10.6. The van der Waals surface area contributed by atoms with Gasteiger partial charge in [-0.15, -0.1) is 11.8 Å². The van der Waals surface area contributed by atoms with Crippen LogP contribution in [0.1, 0.15) is 55.4 Å². The van der Waals surface area contributed by atoms with E-state index in [2.05, 4.69) is 98.9 Å². The van der Waals surface area contributed by atoms with Crippen molar-refractivity contribution in [1.29, 1.82) is 0 Å². The first-order valence-corrected chi connectivity index (χ1v) is 11.8. The molecule has 4 heteroatoms. The largest absolute Gasteiger partial charge is 2.00 e. The molecule has 170 valence electrons. The summed E-state index contributed by atoms with van der Waals surface area (Å²) in [5.74, 6) is 9.24. The molecule has 3 aliphatic rings. The fraction of sp³-hybridized carbons (Fsp3) is 0.393. The third-order valence-electron chi connectivity index (χ3n) is 6.44. The van der Waals surface area contributed by atoms with E-state index in [0.29, 0.717) is 6.61 Å². The van der Waals surface area contributed by atoms with Crippen molar-refractivity contribution in [3.63, 3.8) is 0 Å². The molecule has 2 nitrogen and oxygen atoms in total. The summed E-state index contributed by atoms with van der Waals surface area (Å²) >= 11 is 1.76. The summed E-state index contributed by atoms with van der Waals surface area (Å²) in [6.07, 6.45) is 6.29. The van der Waals surface area contributed by atoms with E-state index < -0.39 is 0 Å². The van der Waals surface area contributed by atoms with Gasteiger partial charge in [0.1, 0.15) is 6.61 Å². The van der Waals surface area contributed by atoms with Gasteiger partial charge in [-0.25, -0.2) is 4.99 Å². The van der Waals surface area contributed by atoms with E-state index in [-0.39, 0.29) is 28.5 Å². The Hall–Kier alpha value is -0.441. The van der Waals surface area contributed by atoms with Crippen LogP contribution in [0.2, 0.25) is 0 Å². The molecular formula is C28H35FeNOS+2. The summed E-state index contributed by atoms with van der Waals surface area (Å²) in [4.78, 5) is 6.02. The predicted octanol–water partition coefficient (Wildman–Crippen LogP) is 7.32. The Morgan fingerprint density at radius 3 is 1.84 bits per heavy atom. The van der Waals surface area contributed by atoms with E-state index >= 15 is 0 Å². The summed E-state index contributed by atoms with van der Waals surface area (Å²) < 4.78 is 5.85. The summed E-state index contributed by atoms with van der Waals surface area (Å²) in [5, 5.41) is 1.20. The van der Waals surface area contributed by atoms with Crippen molar-refractivity contribution in [3.8, 4) is 0 Å². The van der Waals surface area contributed by atoms with Gasteiger partial charge < -0.3 is 4.74 Å². The molecule has 4 rings (SSSR count). The average Bonchev–Trinajstić information content (AvgIpc) is 3.44. The van der Waals surface area contributed by atoms with E-state index in [0.717, 1.165) is 11.8 Å². The number of hydrogen-bond acceptors (Lipinski definition) is 3. The molecular weight excluding hydrogens is 454 g/mol. The van der Waals surface area contributed by atoms with E-state index in [9.17, 15) is 0 Å². The maximum Gasteiger partial charge on any atom is 2.00 e. The fourth-order valence-corrected chi connectivity index (χ4v) is 4.62. The Labute approximate surface area is 212 Å². The topological polar surface area (TPSA) is 21.6 Å². The Morgan fingerprint density at radius 1 is 0.844 bits per heavy atom. The summed E-state index contributed by atoms with van der Waals surface area (Å²) in [5.41, 5.74) is 0.140. The molecule has 0 aromatic heterocycles. The van der Waals surface area contributed by atoms with Crippen molar-refractivity contribution >= 4 is 17.7 Å². The van der Waals surface area contributed by atoms with Crippen LogP contribution < -0.4 is 0 Å². The van der Waals surface area contributed by atoms with Crippen LogP contribution in [0.25, 0.3) is 0 Å². The minimum atomic E-state index is 0. The SMILES string of the molecule is CC(C)(C)[C@H]1COC([C]2[CH][CH][CH][C]2Sc2ccccc2)=N1.C[C]1[C](C)[C](C)[C](C)[C]1C.[Fe+2]. The zero-order valence-corrected chi connectivity index (χ0v) is 22.4. The molecule has 1 heterocycles. The molecule has 0 unspecified atom stereocenters. The molecule has 1 aliphatic heterocycles. The van der Waals surface area contributed by atoms with Gasteiger partial charge in [0.2, 0.25) is 0 Å². The first kappa shape index (κ1) is 27.8. The molecule has 1 aromatic carbocycles. The molecule has 0 N–H and O–H groups in total. The third kappa shape index (κ3) is 6.57. The van der Waals surface area contributed by atoms with Gasteiger partial charge in [-0.05, 0) is 66.4 Å². The molecule has 32 heavy (non-hydrogen) atoms. The van der Waals surface area contributed by atoms with Crippen molar-refractivity contribution in [2.24, 2.45) is 10.4 Å². The Bertz CT molecular complexity index is 686. The van der Waals surface area contributed by atoms with Crippen LogP contribution in [0.15, 0.2) is 40.2 Å². The number of aliphatic imine (C=N–C) groups is 1. The normalized spacial score (nSPS) is 24.8. The number of nitrogens with zero attached hydrogens (tertiary/aromatic N) is 1. The van der Waals surface area contributed by atoms with Crippen molar-refractivity contribution in [1.82, 2.24) is 0 Å². The van der Waals surface area contributed by atoms with Crippen LogP contribution >= 0.6 is 11.8 Å². The number of benzene rings is 1. The van der Waals surface area contributed by atoms with Crippen LogP contribution in [-0.4, -0.2) is 18.5 Å². The molecule has 2 fully saturated rings. The molecule has 2 aliphatic carbocycles. The molecule has 2 saturated carbocycles. The van der Waals surface area contributed by atoms with Gasteiger partial charge in [0.15, 0.2) is 5.90 Å². The zero-order valence-electron chi connectivity index (χ0n) is 20.5. The van der Waals surface area contributed by atoms with Gasteiger partial charge in [-0.2, -0.15) is 0 Å². The second-order valence-electron chi connectivity index (χ2n) is 9.47. The quantitative estimate of drug-likeness (QED) is 0.415. The fourth-order valence-electron chi connectivity index (χ4n) is 3.66. The minimum Gasteiger partial charge on any atom is -0.478 e. The summed E-state index contributed by atoms with van der Waals surface area (Å²) in [7, 11) is 0. The smallest absolute Gasteiger partial charge is 0.478 e. The van der Waals surface area contributed by atoms with Crippen molar-refractivity contribution in [3.05, 3.63) is 90.4 Å². The van der Waals surface area contributed by atoms with Crippen molar-refractivity contribution in [2.75, 3.05) is 6.61 Å². The zero-order chi connectivity index (χ0) is 22.8. The van der Waals surface area contributed by atoms with Gasteiger partial charge in [0.25, 0.3) is 0 Å². The van der Waals surface area contributed by atoms with E-state index in [4.69, 9.17) is 9.73 Å². The Morgan fingerprint density at radius 2 is 1.38 bits per heavy atom. The maximum absolute atomic E-state index is 5.85. The molecule has 0 saturated heterocycles. The number of ether oxygens (including phenoxy) is 1. The molecule has 0 bridgehead atoms. The second kappa shape index (κ2) is 11.8. The van der Waals surface area contributed by atoms with Gasteiger partial charge in [-0.1, -0.05) is 73.6 Å². The van der Waals surface area contributed by atoms with Crippen molar-refractivity contribution in [2.45, 2.75) is 66.3 Å². The van der Waals surface area contributed by atoms with Gasteiger partial charge in [-0.3, -0.25) is 0 Å². The van der Waals surface area contributed by atoms with Crippen LogP contribution in [0.4, 0.5) is 0 Å². The average molecular weight is 490 g/mol. The van der Waals surface area contributed by atoms with Crippen LogP contribution in [0.3, 0.4) is 0 Å². The third-order valence-corrected chi connectivity index (χ3v) is 7.52. The monoisotopic (exact) mass is 489 g/mol. The minimum absolute atomic E-state index is 0. The molecule has 1 atom stereocenters. The number of rotatable bonds is 3. The predicted molar refractivity (Wildman–Crippen MR) is 133 cm³/mol. The van der Waals surface area contributed by atoms with Gasteiger partial charge in [0.05, 0.1) is 17.2 Å². The first-order valence-electron chi connectivity index (χ1n) is 11.0. The van der Waals surface area contributed by atoms with Crippen LogP contribution in [0.5, 0.6) is 0 Å². The molecule has 0 spiro atoms. The number of thioether (sulfide) groups is 1. The van der Waals surface area contributed by atoms with E-state index in [1.807, 2.05) is 6.07 Å².